The first-order valence-electron chi connectivity index (χ1n) is 7.32. The maximum absolute atomic E-state index is 12.3. The van der Waals surface area contributed by atoms with Crippen LogP contribution in [0.3, 0.4) is 0 Å². The zero-order chi connectivity index (χ0) is 16.4. The van der Waals surface area contributed by atoms with E-state index < -0.39 is 29.7 Å². The van der Waals surface area contributed by atoms with Gasteiger partial charge in [-0.05, 0) is 40.0 Å². The van der Waals surface area contributed by atoms with Crippen molar-refractivity contribution in [3.8, 4) is 0 Å². The second-order valence-corrected chi connectivity index (χ2v) is 6.87. The number of likely N-dealkylation sites (tertiary alicyclic amines) is 1. The molecule has 1 aliphatic heterocycles. The van der Waals surface area contributed by atoms with Gasteiger partial charge in [-0.25, -0.2) is 4.79 Å². The van der Waals surface area contributed by atoms with Crippen LogP contribution in [0.2, 0.25) is 0 Å². The van der Waals surface area contributed by atoms with E-state index in [1.165, 1.54) is 7.11 Å². The van der Waals surface area contributed by atoms with Gasteiger partial charge in [0.2, 0.25) is 0 Å². The van der Waals surface area contributed by atoms with Crippen molar-refractivity contribution in [2.24, 2.45) is 11.8 Å². The average molecular weight is 301 g/mol. The van der Waals surface area contributed by atoms with E-state index in [0.717, 1.165) is 6.42 Å². The molecule has 1 N–H and O–H groups in total. The highest BCUT2D eigenvalue weighted by atomic mass is 16.6. The zero-order valence-electron chi connectivity index (χ0n) is 13.8. The number of amides is 1. The molecule has 0 aromatic carbocycles. The largest absolute Gasteiger partial charge is 0.481 e. The SMILES string of the molecule is CO[C@H]([C@@H](C)C(=O)O)[C@@H]1CC(C)CN1C(=O)OC(C)(C)C. The molecule has 1 aliphatic rings. The molecular formula is C15H27NO5. The van der Waals surface area contributed by atoms with Crippen LogP contribution in [0.15, 0.2) is 0 Å². The maximum Gasteiger partial charge on any atom is 0.410 e. The Labute approximate surface area is 126 Å². The van der Waals surface area contributed by atoms with Gasteiger partial charge in [-0.1, -0.05) is 6.92 Å². The molecule has 6 nitrogen and oxygen atoms in total. The molecule has 1 heterocycles. The minimum atomic E-state index is -0.925. The molecule has 1 unspecified atom stereocenters. The fourth-order valence-electron chi connectivity index (χ4n) is 2.76. The summed E-state index contributed by atoms with van der Waals surface area (Å²) in [7, 11) is 1.49. The number of carboxylic acids is 1. The first kappa shape index (κ1) is 17.8. The summed E-state index contributed by atoms with van der Waals surface area (Å²) in [5.41, 5.74) is -0.575. The third-order valence-corrected chi connectivity index (χ3v) is 3.71. The van der Waals surface area contributed by atoms with Crippen molar-refractivity contribution in [2.45, 2.75) is 58.8 Å². The Kier molecular flexibility index (Phi) is 5.61. The van der Waals surface area contributed by atoms with Crippen LogP contribution in [0.5, 0.6) is 0 Å². The van der Waals surface area contributed by atoms with E-state index in [4.69, 9.17) is 9.47 Å². The third kappa shape index (κ3) is 4.59. The molecule has 21 heavy (non-hydrogen) atoms. The van der Waals surface area contributed by atoms with Crippen LogP contribution in [-0.4, -0.2) is 53.5 Å². The molecule has 0 bridgehead atoms. The van der Waals surface area contributed by atoms with Crippen LogP contribution < -0.4 is 0 Å². The van der Waals surface area contributed by atoms with Crippen LogP contribution >= 0.6 is 0 Å². The van der Waals surface area contributed by atoms with E-state index in [0.29, 0.717) is 12.5 Å². The first-order chi connectivity index (χ1) is 9.56. The number of hydrogen-bond acceptors (Lipinski definition) is 4. The Morgan fingerprint density at radius 1 is 1.33 bits per heavy atom. The fraction of sp³-hybridized carbons (Fsp3) is 0.867. The number of ether oxygens (including phenoxy) is 2. The molecular weight excluding hydrogens is 274 g/mol. The summed E-state index contributed by atoms with van der Waals surface area (Å²) in [6.45, 7) is 9.64. The molecule has 0 aliphatic carbocycles. The maximum atomic E-state index is 12.3. The van der Waals surface area contributed by atoms with Gasteiger partial charge in [0.25, 0.3) is 0 Å². The molecule has 122 valence electrons. The van der Waals surface area contributed by atoms with Crippen molar-refractivity contribution in [3.05, 3.63) is 0 Å². The molecule has 0 spiro atoms. The van der Waals surface area contributed by atoms with Gasteiger partial charge in [-0.3, -0.25) is 4.79 Å². The Morgan fingerprint density at radius 3 is 2.33 bits per heavy atom. The molecule has 1 rings (SSSR count). The predicted octanol–water partition coefficient (Wildman–Crippen LogP) is 2.37. The summed E-state index contributed by atoms with van der Waals surface area (Å²) in [5, 5.41) is 9.21. The number of hydrogen-bond donors (Lipinski definition) is 1. The summed E-state index contributed by atoms with van der Waals surface area (Å²) >= 11 is 0. The molecule has 1 amide bonds. The lowest BCUT2D eigenvalue weighted by atomic mass is 9.94. The van der Waals surface area contributed by atoms with Gasteiger partial charge >= 0.3 is 12.1 Å². The lowest BCUT2D eigenvalue weighted by molar-refractivity contribution is -0.147. The molecule has 4 atom stereocenters. The van der Waals surface area contributed by atoms with Crippen molar-refractivity contribution in [1.29, 1.82) is 0 Å². The summed E-state index contributed by atoms with van der Waals surface area (Å²) in [5.74, 6) is -1.32. The van der Waals surface area contributed by atoms with E-state index in [1.54, 1.807) is 11.8 Å². The standard InChI is InChI=1S/C15H27NO5/c1-9-7-11(12(20-6)10(2)13(17)18)16(8-9)14(19)21-15(3,4)5/h9-12H,7-8H2,1-6H3,(H,17,18)/t9?,10-,11+,12-/m1/s1. The van der Waals surface area contributed by atoms with E-state index in [1.807, 2.05) is 27.7 Å². The normalized spacial score (nSPS) is 25.5. The number of carbonyl (C=O) groups excluding carboxylic acids is 1. The van der Waals surface area contributed by atoms with Gasteiger partial charge < -0.3 is 19.5 Å². The quantitative estimate of drug-likeness (QED) is 0.862. The molecule has 0 radical (unpaired) electrons. The summed E-state index contributed by atoms with van der Waals surface area (Å²) in [4.78, 5) is 25.2. The minimum absolute atomic E-state index is 0.272. The highest BCUT2D eigenvalue weighted by Gasteiger charge is 2.43. The second-order valence-electron chi connectivity index (χ2n) is 6.87. The van der Waals surface area contributed by atoms with Crippen molar-refractivity contribution >= 4 is 12.1 Å². The van der Waals surface area contributed by atoms with Gasteiger partial charge in [0.05, 0.1) is 18.1 Å². The van der Waals surface area contributed by atoms with Gasteiger partial charge in [0, 0.05) is 13.7 Å². The number of methoxy groups -OCH3 is 1. The Bertz CT molecular complexity index is 390. The van der Waals surface area contributed by atoms with Gasteiger partial charge in [0.1, 0.15) is 5.60 Å². The molecule has 1 saturated heterocycles. The Hall–Kier alpha value is -1.30. The minimum Gasteiger partial charge on any atom is -0.481 e. The van der Waals surface area contributed by atoms with Crippen LogP contribution in [0, 0.1) is 11.8 Å². The summed E-state index contributed by atoms with van der Waals surface area (Å²) in [6.07, 6.45) is -0.230. The monoisotopic (exact) mass is 301 g/mol. The number of nitrogens with zero attached hydrogens (tertiary/aromatic N) is 1. The highest BCUT2D eigenvalue weighted by molar-refractivity contribution is 5.72. The van der Waals surface area contributed by atoms with Crippen LogP contribution in [0.1, 0.15) is 41.0 Å². The van der Waals surface area contributed by atoms with E-state index in [9.17, 15) is 14.7 Å². The van der Waals surface area contributed by atoms with Crippen molar-refractivity contribution in [1.82, 2.24) is 4.90 Å². The molecule has 6 heteroatoms. The van der Waals surface area contributed by atoms with Gasteiger partial charge in [0.15, 0.2) is 0 Å². The summed E-state index contributed by atoms with van der Waals surface area (Å²) in [6, 6.07) is -0.272. The number of rotatable bonds is 4. The molecule has 0 aromatic heterocycles. The van der Waals surface area contributed by atoms with Crippen LogP contribution in [-0.2, 0) is 14.3 Å². The molecule has 1 fully saturated rings. The second kappa shape index (κ2) is 6.64. The van der Waals surface area contributed by atoms with E-state index in [-0.39, 0.29) is 6.04 Å². The third-order valence-electron chi connectivity index (χ3n) is 3.71. The molecule has 0 saturated carbocycles. The average Bonchev–Trinajstić information content (AvgIpc) is 2.70. The summed E-state index contributed by atoms with van der Waals surface area (Å²) < 4.78 is 10.8. The topological polar surface area (TPSA) is 76.1 Å². The lowest BCUT2D eigenvalue weighted by Crippen LogP contribution is -2.49. The van der Waals surface area contributed by atoms with Crippen LogP contribution in [0.25, 0.3) is 0 Å². The van der Waals surface area contributed by atoms with E-state index >= 15 is 0 Å². The Morgan fingerprint density at radius 2 is 1.90 bits per heavy atom. The van der Waals surface area contributed by atoms with Gasteiger partial charge in [-0.15, -0.1) is 0 Å². The van der Waals surface area contributed by atoms with Crippen molar-refractivity contribution < 1.29 is 24.2 Å². The van der Waals surface area contributed by atoms with E-state index in [2.05, 4.69) is 0 Å². The van der Waals surface area contributed by atoms with Crippen molar-refractivity contribution in [3.63, 3.8) is 0 Å². The zero-order valence-corrected chi connectivity index (χ0v) is 13.8. The van der Waals surface area contributed by atoms with Gasteiger partial charge in [-0.2, -0.15) is 0 Å². The molecule has 0 aromatic rings. The fourth-order valence-corrected chi connectivity index (χ4v) is 2.76. The number of carbonyl (C=O) groups is 2. The predicted molar refractivity (Wildman–Crippen MR) is 78.1 cm³/mol. The lowest BCUT2D eigenvalue weighted by Gasteiger charge is -2.34. The van der Waals surface area contributed by atoms with Crippen LogP contribution in [0.4, 0.5) is 4.79 Å². The Balaban J connectivity index is 2.92. The number of carboxylic acid groups (broad SMARTS) is 1. The number of aliphatic carboxylic acids is 1. The highest BCUT2D eigenvalue weighted by Crippen LogP contribution is 2.31. The van der Waals surface area contributed by atoms with Crippen molar-refractivity contribution in [2.75, 3.05) is 13.7 Å². The smallest absolute Gasteiger partial charge is 0.410 e. The first-order valence-corrected chi connectivity index (χ1v) is 7.32.